The van der Waals surface area contributed by atoms with Crippen LogP contribution >= 0.6 is 0 Å². The zero-order chi connectivity index (χ0) is 19.9. The number of rotatable bonds is 3. The molecular formula is C19H15F3N5O+. The first-order valence-electron chi connectivity index (χ1n) is 8.20. The Kier molecular flexibility index (Phi) is 4.07. The lowest BCUT2D eigenvalue weighted by atomic mass is 10.2. The molecule has 142 valence electrons. The Morgan fingerprint density at radius 2 is 1.75 bits per heavy atom. The molecule has 6 nitrogen and oxygen atoms in total. The molecule has 0 atom stereocenters. The van der Waals surface area contributed by atoms with Crippen molar-refractivity contribution in [1.82, 2.24) is 9.78 Å². The summed E-state index contributed by atoms with van der Waals surface area (Å²) in [6.45, 7) is 0. The van der Waals surface area contributed by atoms with E-state index in [1.807, 2.05) is 12.1 Å². The van der Waals surface area contributed by atoms with Gasteiger partial charge in [-0.3, -0.25) is 0 Å². The molecule has 0 fully saturated rings. The fourth-order valence-electron chi connectivity index (χ4n) is 2.73. The van der Waals surface area contributed by atoms with Gasteiger partial charge in [0.25, 0.3) is 0 Å². The van der Waals surface area contributed by atoms with Crippen molar-refractivity contribution >= 4 is 11.4 Å². The third kappa shape index (κ3) is 3.29. The van der Waals surface area contributed by atoms with Gasteiger partial charge < -0.3 is 15.9 Å². The summed E-state index contributed by atoms with van der Waals surface area (Å²) < 4.78 is 46.8. The highest BCUT2D eigenvalue weighted by Crippen LogP contribution is 2.28. The van der Waals surface area contributed by atoms with Crippen LogP contribution in [0.3, 0.4) is 0 Å². The predicted molar refractivity (Wildman–Crippen MR) is 96.6 cm³/mol. The number of alkyl halides is 3. The van der Waals surface area contributed by atoms with Crippen molar-refractivity contribution in [3.05, 3.63) is 73.0 Å². The van der Waals surface area contributed by atoms with Crippen molar-refractivity contribution < 1.29 is 22.2 Å². The maximum Gasteiger partial charge on any atom is 0.435 e. The number of nitrogen functional groups attached to an aromatic ring is 2. The van der Waals surface area contributed by atoms with E-state index in [4.69, 9.17) is 15.9 Å². The van der Waals surface area contributed by atoms with Gasteiger partial charge in [-0.15, -0.1) is 4.57 Å². The Hall–Kier alpha value is -3.75. The van der Waals surface area contributed by atoms with Crippen LogP contribution in [0.2, 0.25) is 0 Å². The average Bonchev–Trinajstić information content (AvgIpc) is 3.32. The standard InChI is InChI=1S/C19H15F3N5O/c20-19(21,22)18-7-8-27(25-18)14-5-6-15(24)16(9-14)26-10-17(28-11-26)12-1-3-13(23)4-2-12/h1-11H,23-24H2/q+1. The molecular weight excluding hydrogens is 371 g/mol. The summed E-state index contributed by atoms with van der Waals surface area (Å²) in [6, 6.07) is 12.9. The molecule has 2 aromatic heterocycles. The second kappa shape index (κ2) is 6.45. The molecule has 0 amide bonds. The number of nitrogens with two attached hydrogens (primary N) is 2. The summed E-state index contributed by atoms with van der Waals surface area (Å²) in [7, 11) is 0. The van der Waals surface area contributed by atoms with E-state index >= 15 is 0 Å². The summed E-state index contributed by atoms with van der Waals surface area (Å²) in [6.07, 6.45) is -0.0657. The number of halogens is 3. The summed E-state index contributed by atoms with van der Waals surface area (Å²) >= 11 is 0. The fraction of sp³-hybridized carbons (Fsp3) is 0.0526. The highest BCUT2D eigenvalue weighted by atomic mass is 19.4. The molecule has 0 aliphatic rings. The van der Waals surface area contributed by atoms with Crippen LogP contribution in [0.4, 0.5) is 24.5 Å². The minimum absolute atomic E-state index is 0.432. The van der Waals surface area contributed by atoms with Crippen molar-refractivity contribution in [3.8, 4) is 22.7 Å². The third-order valence-corrected chi connectivity index (χ3v) is 4.18. The Morgan fingerprint density at radius 1 is 1.00 bits per heavy atom. The normalized spacial score (nSPS) is 11.7. The van der Waals surface area contributed by atoms with Crippen LogP contribution in [0.5, 0.6) is 0 Å². The summed E-state index contributed by atoms with van der Waals surface area (Å²) in [5.41, 5.74) is 13.7. The Bertz CT molecular complexity index is 1130. The molecule has 4 rings (SSSR count). The molecule has 0 aliphatic heterocycles. The number of benzene rings is 2. The first-order chi connectivity index (χ1) is 13.3. The van der Waals surface area contributed by atoms with Gasteiger partial charge in [-0.05, 0) is 42.5 Å². The third-order valence-electron chi connectivity index (χ3n) is 4.18. The topological polar surface area (TPSA) is 86.9 Å². The molecule has 28 heavy (non-hydrogen) atoms. The van der Waals surface area contributed by atoms with Gasteiger partial charge in [0.2, 0.25) is 17.6 Å². The molecule has 0 spiro atoms. The van der Waals surface area contributed by atoms with E-state index < -0.39 is 11.9 Å². The second-order valence-corrected chi connectivity index (χ2v) is 6.13. The fourth-order valence-corrected chi connectivity index (χ4v) is 2.73. The molecule has 9 heteroatoms. The Morgan fingerprint density at radius 3 is 2.43 bits per heavy atom. The van der Waals surface area contributed by atoms with Gasteiger partial charge in [0.05, 0.1) is 5.69 Å². The van der Waals surface area contributed by atoms with Crippen LogP contribution in [-0.2, 0) is 6.18 Å². The van der Waals surface area contributed by atoms with Crippen LogP contribution in [0.1, 0.15) is 5.69 Å². The van der Waals surface area contributed by atoms with Crippen molar-refractivity contribution in [2.75, 3.05) is 11.5 Å². The quantitative estimate of drug-likeness (QED) is 0.416. The van der Waals surface area contributed by atoms with Crippen LogP contribution < -0.4 is 16.0 Å². The van der Waals surface area contributed by atoms with E-state index in [2.05, 4.69) is 5.10 Å². The largest absolute Gasteiger partial charge is 0.435 e. The maximum atomic E-state index is 12.8. The maximum absolute atomic E-state index is 12.8. The molecule has 0 bridgehead atoms. The van der Waals surface area contributed by atoms with E-state index in [0.717, 1.165) is 16.3 Å². The number of aromatic nitrogens is 3. The predicted octanol–water partition coefficient (Wildman–Crippen LogP) is 3.59. The van der Waals surface area contributed by atoms with Crippen molar-refractivity contribution in [2.45, 2.75) is 6.18 Å². The lowest BCUT2D eigenvalue weighted by Crippen LogP contribution is -2.28. The first kappa shape index (κ1) is 17.7. The van der Waals surface area contributed by atoms with Gasteiger partial charge in [0.1, 0.15) is 5.69 Å². The summed E-state index contributed by atoms with van der Waals surface area (Å²) in [5.74, 6) is 0.586. The number of nitrogens with zero attached hydrogens (tertiary/aromatic N) is 3. The van der Waals surface area contributed by atoms with E-state index in [9.17, 15) is 13.2 Å². The van der Waals surface area contributed by atoms with Crippen LogP contribution in [-0.4, -0.2) is 9.78 Å². The van der Waals surface area contributed by atoms with Crippen LogP contribution in [0, 0.1) is 0 Å². The van der Waals surface area contributed by atoms with Gasteiger partial charge in [-0.2, -0.15) is 18.3 Å². The molecule has 0 saturated carbocycles. The molecule has 4 N–H and O–H groups in total. The lowest BCUT2D eigenvalue weighted by Gasteiger charge is -2.04. The molecule has 0 unspecified atom stereocenters. The minimum atomic E-state index is -4.50. The second-order valence-electron chi connectivity index (χ2n) is 6.13. The van der Waals surface area contributed by atoms with Gasteiger partial charge in [0, 0.05) is 23.5 Å². The molecule has 4 aromatic rings. The summed E-state index contributed by atoms with van der Waals surface area (Å²) in [4.78, 5) is 0. The molecule has 0 aliphatic carbocycles. The zero-order valence-electron chi connectivity index (χ0n) is 14.4. The highest BCUT2D eigenvalue weighted by molar-refractivity contribution is 5.60. The number of oxazole rings is 1. The summed E-state index contributed by atoms with van der Waals surface area (Å²) in [5, 5.41) is 3.58. The molecule has 0 radical (unpaired) electrons. The Balaban J connectivity index is 1.70. The molecule has 0 saturated heterocycles. The van der Waals surface area contributed by atoms with E-state index in [1.165, 1.54) is 12.6 Å². The number of anilines is 2. The number of hydrogen-bond acceptors (Lipinski definition) is 4. The van der Waals surface area contributed by atoms with Gasteiger partial charge >= 0.3 is 12.6 Å². The van der Waals surface area contributed by atoms with Crippen LogP contribution in [0.25, 0.3) is 22.7 Å². The molecule has 2 heterocycles. The van der Waals surface area contributed by atoms with Gasteiger partial charge in [-0.25, -0.2) is 4.68 Å². The van der Waals surface area contributed by atoms with Gasteiger partial charge in [-0.1, -0.05) is 0 Å². The smallest absolute Gasteiger partial charge is 0.403 e. The minimum Gasteiger partial charge on any atom is -0.403 e. The average molecular weight is 386 g/mol. The number of hydrogen-bond donors (Lipinski definition) is 2. The van der Waals surface area contributed by atoms with Crippen molar-refractivity contribution in [2.24, 2.45) is 0 Å². The highest BCUT2D eigenvalue weighted by Gasteiger charge is 2.33. The van der Waals surface area contributed by atoms with E-state index in [-0.39, 0.29) is 0 Å². The van der Waals surface area contributed by atoms with E-state index in [1.54, 1.807) is 41.1 Å². The zero-order valence-corrected chi connectivity index (χ0v) is 14.4. The monoisotopic (exact) mass is 386 g/mol. The van der Waals surface area contributed by atoms with Crippen LogP contribution in [0.15, 0.2) is 71.7 Å². The SMILES string of the molecule is Nc1ccc(-c2c[n+](-c3cc(-n4ccc(C(F)(F)F)n4)ccc3N)co2)cc1. The Labute approximate surface area is 157 Å². The first-order valence-corrected chi connectivity index (χ1v) is 8.20. The lowest BCUT2D eigenvalue weighted by molar-refractivity contribution is -0.598. The van der Waals surface area contributed by atoms with E-state index in [0.29, 0.717) is 28.5 Å². The van der Waals surface area contributed by atoms with Crippen molar-refractivity contribution in [3.63, 3.8) is 0 Å². The molecule has 2 aromatic carbocycles. The van der Waals surface area contributed by atoms with Gasteiger partial charge in [0.15, 0.2) is 5.69 Å². The van der Waals surface area contributed by atoms with Crippen molar-refractivity contribution in [1.29, 1.82) is 0 Å².